The highest BCUT2D eigenvalue weighted by molar-refractivity contribution is 5.46. The molecule has 0 spiro atoms. The van der Waals surface area contributed by atoms with E-state index < -0.39 is 5.82 Å². The van der Waals surface area contributed by atoms with Crippen molar-refractivity contribution in [3.63, 3.8) is 0 Å². The molecule has 0 bridgehead atoms. The van der Waals surface area contributed by atoms with Crippen LogP contribution in [0.25, 0.3) is 0 Å². The van der Waals surface area contributed by atoms with Crippen molar-refractivity contribution in [1.82, 2.24) is 0 Å². The maximum absolute atomic E-state index is 13.1. The number of hydrogen-bond donors (Lipinski definition) is 3. The minimum Gasteiger partial charge on any atom is -0.508 e. The van der Waals surface area contributed by atoms with E-state index in [0.717, 1.165) is 30.2 Å². The highest BCUT2D eigenvalue weighted by atomic mass is 19.1. The van der Waals surface area contributed by atoms with Crippen LogP contribution >= 0.6 is 0 Å². The highest BCUT2D eigenvalue weighted by Gasteiger charge is 2.01. The Labute approximate surface area is 117 Å². The maximum atomic E-state index is 13.1. The van der Waals surface area contributed by atoms with Gasteiger partial charge in [-0.05, 0) is 48.2 Å². The number of rotatable bonds is 6. The van der Waals surface area contributed by atoms with Crippen LogP contribution in [0.15, 0.2) is 42.5 Å². The largest absolute Gasteiger partial charge is 0.508 e. The molecule has 3 N–H and O–H groups in total. The topological polar surface area (TPSA) is 52.5 Å². The first-order valence-electron chi connectivity index (χ1n) is 6.59. The molecule has 0 heterocycles. The first-order valence-corrected chi connectivity index (χ1v) is 6.59. The molecule has 0 aromatic heterocycles. The number of aliphatic hydroxyl groups excluding tert-OH is 1. The van der Waals surface area contributed by atoms with Crippen molar-refractivity contribution in [3.05, 3.63) is 59.4 Å². The zero-order valence-corrected chi connectivity index (χ0v) is 11.1. The van der Waals surface area contributed by atoms with Gasteiger partial charge in [0.2, 0.25) is 0 Å². The van der Waals surface area contributed by atoms with Crippen molar-refractivity contribution >= 4 is 5.69 Å². The van der Waals surface area contributed by atoms with Gasteiger partial charge in [-0.1, -0.05) is 12.1 Å². The Kier molecular flexibility index (Phi) is 4.96. The van der Waals surface area contributed by atoms with E-state index in [4.69, 9.17) is 5.11 Å². The van der Waals surface area contributed by atoms with E-state index in [9.17, 15) is 9.50 Å². The van der Waals surface area contributed by atoms with Crippen LogP contribution in [0.2, 0.25) is 0 Å². The molecule has 0 atom stereocenters. The summed E-state index contributed by atoms with van der Waals surface area (Å²) in [4.78, 5) is 0. The van der Waals surface area contributed by atoms with Crippen LogP contribution in [-0.2, 0) is 13.0 Å². The molecule has 0 radical (unpaired) electrons. The summed E-state index contributed by atoms with van der Waals surface area (Å²) < 4.78 is 13.1. The Balaban J connectivity index is 1.99. The molecule has 3 nitrogen and oxygen atoms in total. The first-order chi connectivity index (χ1) is 9.67. The SMILES string of the molecule is OCCCc1cccc(NCc2cc(O)cc(F)c2)c1. The fourth-order valence-corrected chi connectivity index (χ4v) is 2.06. The molecular weight excluding hydrogens is 257 g/mol. The third-order valence-electron chi connectivity index (χ3n) is 2.99. The molecule has 0 aliphatic carbocycles. The van der Waals surface area contributed by atoms with Crippen LogP contribution in [0.4, 0.5) is 10.1 Å². The Morgan fingerprint density at radius 1 is 1.05 bits per heavy atom. The lowest BCUT2D eigenvalue weighted by atomic mass is 10.1. The summed E-state index contributed by atoms with van der Waals surface area (Å²) in [6.45, 7) is 0.620. The number of benzene rings is 2. The fourth-order valence-electron chi connectivity index (χ4n) is 2.06. The van der Waals surface area contributed by atoms with Crippen LogP contribution in [0.1, 0.15) is 17.5 Å². The number of anilines is 1. The van der Waals surface area contributed by atoms with Crippen LogP contribution < -0.4 is 5.32 Å². The number of hydrogen-bond acceptors (Lipinski definition) is 3. The van der Waals surface area contributed by atoms with Crippen molar-refractivity contribution in [2.75, 3.05) is 11.9 Å². The minimum atomic E-state index is -0.446. The quantitative estimate of drug-likeness (QED) is 0.759. The normalized spacial score (nSPS) is 10.5. The second-order valence-corrected chi connectivity index (χ2v) is 4.70. The zero-order chi connectivity index (χ0) is 14.4. The summed E-state index contributed by atoms with van der Waals surface area (Å²) in [7, 11) is 0. The Hall–Kier alpha value is -2.07. The van der Waals surface area contributed by atoms with Crippen molar-refractivity contribution < 1.29 is 14.6 Å². The van der Waals surface area contributed by atoms with Gasteiger partial charge in [-0.2, -0.15) is 0 Å². The van der Waals surface area contributed by atoms with E-state index in [-0.39, 0.29) is 12.4 Å². The van der Waals surface area contributed by atoms with Crippen LogP contribution in [0.5, 0.6) is 5.75 Å². The molecule has 0 amide bonds. The third-order valence-corrected chi connectivity index (χ3v) is 2.99. The smallest absolute Gasteiger partial charge is 0.127 e. The van der Waals surface area contributed by atoms with Crippen LogP contribution in [0, 0.1) is 5.82 Å². The van der Waals surface area contributed by atoms with Gasteiger partial charge in [0, 0.05) is 24.9 Å². The molecule has 0 saturated heterocycles. The van der Waals surface area contributed by atoms with Crippen LogP contribution in [-0.4, -0.2) is 16.8 Å². The van der Waals surface area contributed by atoms with Crippen molar-refractivity contribution in [1.29, 1.82) is 0 Å². The predicted octanol–water partition coefficient (Wildman–Crippen LogP) is 3.07. The Morgan fingerprint density at radius 3 is 2.65 bits per heavy atom. The van der Waals surface area contributed by atoms with Gasteiger partial charge in [0.05, 0.1) is 0 Å². The first kappa shape index (κ1) is 14.3. The molecule has 2 aromatic rings. The minimum absolute atomic E-state index is 0.0708. The average Bonchev–Trinajstić information content (AvgIpc) is 2.42. The van der Waals surface area contributed by atoms with E-state index in [1.165, 1.54) is 12.1 Å². The fraction of sp³-hybridized carbons (Fsp3) is 0.250. The van der Waals surface area contributed by atoms with E-state index in [0.29, 0.717) is 12.1 Å². The lowest BCUT2D eigenvalue weighted by Gasteiger charge is -2.09. The van der Waals surface area contributed by atoms with Crippen LogP contribution in [0.3, 0.4) is 0 Å². The molecule has 0 fully saturated rings. The second-order valence-electron chi connectivity index (χ2n) is 4.70. The van der Waals surface area contributed by atoms with E-state index in [1.54, 1.807) is 0 Å². The van der Waals surface area contributed by atoms with Crippen molar-refractivity contribution in [3.8, 4) is 5.75 Å². The van der Waals surface area contributed by atoms with E-state index in [1.807, 2.05) is 24.3 Å². The van der Waals surface area contributed by atoms with E-state index in [2.05, 4.69) is 5.32 Å². The van der Waals surface area contributed by atoms with Crippen molar-refractivity contribution in [2.45, 2.75) is 19.4 Å². The number of nitrogens with one attached hydrogen (secondary N) is 1. The maximum Gasteiger partial charge on any atom is 0.127 e. The van der Waals surface area contributed by atoms with Gasteiger partial charge in [0.1, 0.15) is 11.6 Å². The number of aromatic hydroxyl groups is 1. The summed E-state index contributed by atoms with van der Waals surface area (Å²) in [5.74, 6) is -0.517. The van der Waals surface area contributed by atoms with Gasteiger partial charge in [-0.3, -0.25) is 0 Å². The lowest BCUT2D eigenvalue weighted by molar-refractivity contribution is 0.288. The Morgan fingerprint density at radius 2 is 1.90 bits per heavy atom. The molecule has 106 valence electrons. The number of halogens is 1. The summed E-state index contributed by atoms with van der Waals surface area (Å²) in [5, 5.41) is 21.4. The number of phenolic OH excluding ortho intramolecular Hbond substituents is 1. The van der Waals surface area contributed by atoms with Gasteiger partial charge in [-0.15, -0.1) is 0 Å². The second kappa shape index (κ2) is 6.91. The molecule has 0 saturated carbocycles. The standard InChI is InChI=1S/C16H18FNO2/c17-14-7-13(9-16(20)10-14)11-18-15-5-1-3-12(8-15)4-2-6-19/h1,3,5,7-10,18-20H,2,4,6,11H2. The Bertz CT molecular complexity index is 552. The molecule has 2 aromatic carbocycles. The average molecular weight is 275 g/mol. The van der Waals surface area contributed by atoms with Gasteiger partial charge in [-0.25, -0.2) is 4.39 Å². The van der Waals surface area contributed by atoms with Gasteiger partial charge in [0.15, 0.2) is 0 Å². The predicted molar refractivity (Wildman–Crippen MR) is 77.2 cm³/mol. The zero-order valence-electron chi connectivity index (χ0n) is 11.1. The molecule has 4 heteroatoms. The monoisotopic (exact) mass is 275 g/mol. The van der Waals surface area contributed by atoms with Crippen molar-refractivity contribution in [2.24, 2.45) is 0 Å². The number of aliphatic hydroxyl groups is 1. The molecule has 20 heavy (non-hydrogen) atoms. The summed E-state index contributed by atoms with van der Waals surface area (Å²) in [6, 6.07) is 11.9. The van der Waals surface area contributed by atoms with E-state index >= 15 is 0 Å². The molecule has 0 unspecified atom stereocenters. The number of phenols is 1. The highest BCUT2D eigenvalue weighted by Crippen LogP contribution is 2.17. The summed E-state index contributed by atoms with van der Waals surface area (Å²) in [6.07, 6.45) is 1.56. The van der Waals surface area contributed by atoms with Gasteiger partial charge >= 0.3 is 0 Å². The number of aryl methyl sites for hydroxylation is 1. The molecule has 2 rings (SSSR count). The third kappa shape index (κ3) is 4.24. The summed E-state index contributed by atoms with van der Waals surface area (Å²) in [5.41, 5.74) is 2.76. The lowest BCUT2D eigenvalue weighted by Crippen LogP contribution is -2.00. The van der Waals surface area contributed by atoms with Gasteiger partial charge in [0.25, 0.3) is 0 Å². The molecule has 0 aliphatic rings. The molecule has 0 aliphatic heterocycles. The summed E-state index contributed by atoms with van der Waals surface area (Å²) >= 11 is 0. The van der Waals surface area contributed by atoms with Gasteiger partial charge < -0.3 is 15.5 Å². The molecular formula is C16H18FNO2.